The first-order valence-electron chi connectivity index (χ1n) is 9.27. The second-order valence-electron chi connectivity index (χ2n) is 7.74. The van der Waals surface area contributed by atoms with Gasteiger partial charge in [-0.25, -0.2) is 13.8 Å². The van der Waals surface area contributed by atoms with Gasteiger partial charge in [-0.05, 0) is 43.5 Å². The van der Waals surface area contributed by atoms with Crippen molar-refractivity contribution in [3.63, 3.8) is 0 Å². The highest BCUT2D eigenvalue weighted by Gasteiger charge is 2.47. The number of nitrogens with zero attached hydrogens (tertiary/aromatic N) is 1. The average Bonchev–Trinajstić information content (AvgIpc) is 3.38. The van der Waals surface area contributed by atoms with Gasteiger partial charge in [0.15, 0.2) is 0 Å². The Balaban J connectivity index is 1.73. The summed E-state index contributed by atoms with van der Waals surface area (Å²) in [6.07, 6.45) is -3.98. The first kappa shape index (κ1) is 23.2. The van der Waals surface area contributed by atoms with E-state index in [9.17, 15) is 31.9 Å². The van der Waals surface area contributed by atoms with Crippen LogP contribution in [0.1, 0.15) is 37.3 Å². The van der Waals surface area contributed by atoms with Crippen LogP contribution in [0.2, 0.25) is 5.15 Å². The fourth-order valence-corrected chi connectivity index (χ4v) is 3.52. The van der Waals surface area contributed by atoms with Gasteiger partial charge in [0.05, 0.1) is 17.6 Å². The second kappa shape index (κ2) is 8.23. The van der Waals surface area contributed by atoms with Crippen LogP contribution in [0.3, 0.4) is 0 Å². The molecular formula is C20H19ClF5N3O2. The molecule has 11 heteroatoms. The zero-order valence-electron chi connectivity index (χ0n) is 16.3. The number of nitrogens with one attached hydrogen (secondary N) is 2. The number of halogens is 6. The quantitative estimate of drug-likeness (QED) is 0.420. The fraction of sp³-hybridized carbons (Fsp3) is 0.400. The van der Waals surface area contributed by atoms with Crippen LogP contribution >= 0.6 is 11.6 Å². The molecule has 1 fully saturated rings. The summed E-state index contributed by atoms with van der Waals surface area (Å²) in [5.74, 6) is -2.52. The molecular weight excluding hydrogens is 445 g/mol. The Morgan fingerprint density at radius 3 is 2.48 bits per heavy atom. The molecule has 1 aliphatic carbocycles. The van der Waals surface area contributed by atoms with Crippen molar-refractivity contribution in [2.75, 3.05) is 11.9 Å². The van der Waals surface area contributed by atoms with E-state index in [-0.39, 0.29) is 16.5 Å². The molecule has 1 aromatic heterocycles. The molecule has 0 radical (unpaired) electrons. The van der Waals surface area contributed by atoms with Gasteiger partial charge in [-0.2, -0.15) is 13.2 Å². The maximum atomic E-state index is 14.0. The van der Waals surface area contributed by atoms with E-state index in [0.717, 1.165) is 12.1 Å². The molecule has 0 bridgehead atoms. The van der Waals surface area contributed by atoms with Gasteiger partial charge in [-0.3, -0.25) is 4.79 Å². The van der Waals surface area contributed by atoms with Gasteiger partial charge in [-0.1, -0.05) is 17.7 Å². The maximum absolute atomic E-state index is 14.0. The Morgan fingerprint density at radius 2 is 1.90 bits per heavy atom. The van der Waals surface area contributed by atoms with Crippen LogP contribution in [0.25, 0.3) is 0 Å². The molecule has 31 heavy (non-hydrogen) atoms. The minimum Gasteiger partial charge on any atom is -0.385 e. The number of amides is 1. The largest absolute Gasteiger partial charge is 0.405 e. The zero-order valence-corrected chi connectivity index (χ0v) is 17.0. The summed E-state index contributed by atoms with van der Waals surface area (Å²) in [5, 5.41) is 15.4. The standard InChI is InChI=1S/C20H19ClF5N3O2/c1-18(31,13-3-2-12(22)8-14(13)23)9-17(30)29-19(4-5-19)11-6-15(21)28-16(7-11)27-10-20(24,25)26/h2-3,6-8,31H,4-5,9-10H2,1H3,(H,27,28)(H,29,30)/t18-/m1/s1. The Kier molecular flexibility index (Phi) is 6.16. The molecule has 1 aromatic carbocycles. The normalized spacial score (nSPS) is 17.0. The molecule has 3 N–H and O–H groups in total. The van der Waals surface area contributed by atoms with E-state index in [4.69, 9.17) is 11.6 Å². The molecule has 0 spiro atoms. The van der Waals surface area contributed by atoms with Gasteiger partial charge >= 0.3 is 6.18 Å². The van der Waals surface area contributed by atoms with Crippen LogP contribution in [0.4, 0.5) is 27.8 Å². The number of aromatic nitrogens is 1. The number of aliphatic hydroxyl groups is 1. The summed E-state index contributed by atoms with van der Waals surface area (Å²) in [6.45, 7) is -0.0732. The third-order valence-electron chi connectivity index (χ3n) is 4.96. The molecule has 168 valence electrons. The highest BCUT2D eigenvalue weighted by atomic mass is 35.5. The number of hydrogen-bond acceptors (Lipinski definition) is 4. The molecule has 3 rings (SSSR count). The van der Waals surface area contributed by atoms with Crippen molar-refractivity contribution in [1.82, 2.24) is 10.3 Å². The van der Waals surface area contributed by atoms with E-state index < -0.39 is 47.8 Å². The van der Waals surface area contributed by atoms with E-state index in [1.165, 1.54) is 19.1 Å². The molecule has 1 aliphatic rings. The SMILES string of the molecule is C[C@@](O)(CC(=O)NC1(c2cc(Cl)nc(NCC(F)(F)F)c2)CC1)c1ccc(F)cc1F. The Morgan fingerprint density at radius 1 is 1.23 bits per heavy atom. The van der Waals surface area contributed by atoms with Crippen molar-refractivity contribution in [1.29, 1.82) is 0 Å². The van der Waals surface area contributed by atoms with Crippen molar-refractivity contribution in [2.45, 2.75) is 43.5 Å². The van der Waals surface area contributed by atoms with Crippen LogP contribution in [-0.4, -0.2) is 28.7 Å². The third-order valence-corrected chi connectivity index (χ3v) is 5.16. The van der Waals surface area contributed by atoms with Gasteiger partial charge in [0, 0.05) is 11.6 Å². The molecule has 0 saturated heterocycles. The van der Waals surface area contributed by atoms with Crippen LogP contribution in [0, 0.1) is 11.6 Å². The summed E-state index contributed by atoms with van der Waals surface area (Å²) >= 11 is 5.93. The first-order valence-corrected chi connectivity index (χ1v) is 9.65. The van der Waals surface area contributed by atoms with E-state index in [0.29, 0.717) is 24.5 Å². The lowest BCUT2D eigenvalue weighted by atomic mass is 9.91. The number of anilines is 1. The number of alkyl halides is 3. The van der Waals surface area contributed by atoms with Crippen LogP contribution in [0.15, 0.2) is 30.3 Å². The third kappa shape index (κ3) is 5.82. The molecule has 1 saturated carbocycles. The van der Waals surface area contributed by atoms with Gasteiger partial charge in [-0.15, -0.1) is 0 Å². The first-order chi connectivity index (χ1) is 14.3. The van der Waals surface area contributed by atoms with Gasteiger partial charge in [0.1, 0.15) is 29.2 Å². The predicted molar refractivity (Wildman–Crippen MR) is 103 cm³/mol. The molecule has 0 unspecified atom stereocenters. The van der Waals surface area contributed by atoms with Crippen molar-refractivity contribution in [3.05, 3.63) is 58.2 Å². The Bertz CT molecular complexity index is 993. The summed E-state index contributed by atoms with van der Waals surface area (Å²) < 4.78 is 64.5. The van der Waals surface area contributed by atoms with Gasteiger partial charge in [0.2, 0.25) is 5.91 Å². The van der Waals surface area contributed by atoms with Crippen LogP contribution in [0.5, 0.6) is 0 Å². The van der Waals surface area contributed by atoms with Gasteiger partial charge in [0.25, 0.3) is 0 Å². The molecule has 1 atom stereocenters. The molecule has 1 amide bonds. The minimum atomic E-state index is -4.45. The highest BCUT2D eigenvalue weighted by Crippen LogP contribution is 2.47. The Hall–Kier alpha value is -2.46. The number of pyridine rings is 1. The van der Waals surface area contributed by atoms with Crippen LogP contribution < -0.4 is 10.6 Å². The molecule has 1 heterocycles. The Labute approximate surface area is 179 Å². The van der Waals surface area contributed by atoms with Crippen molar-refractivity contribution >= 4 is 23.3 Å². The van der Waals surface area contributed by atoms with E-state index in [1.807, 2.05) is 0 Å². The molecule has 5 nitrogen and oxygen atoms in total. The van der Waals surface area contributed by atoms with Crippen molar-refractivity contribution in [3.8, 4) is 0 Å². The van der Waals surface area contributed by atoms with Crippen molar-refractivity contribution < 1.29 is 31.9 Å². The highest BCUT2D eigenvalue weighted by molar-refractivity contribution is 6.29. The number of carbonyl (C=O) groups is 1. The maximum Gasteiger partial charge on any atom is 0.405 e. The number of benzene rings is 1. The topological polar surface area (TPSA) is 74.2 Å². The lowest BCUT2D eigenvalue weighted by molar-refractivity contribution is -0.127. The smallest absolute Gasteiger partial charge is 0.385 e. The summed E-state index contributed by atoms with van der Waals surface area (Å²) in [4.78, 5) is 16.4. The summed E-state index contributed by atoms with van der Waals surface area (Å²) in [5.41, 5.74) is -2.57. The monoisotopic (exact) mass is 463 g/mol. The average molecular weight is 464 g/mol. The van der Waals surface area contributed by atoms with E-state index >= 15 is 0 Å². The minimum absolute atomic E-state index is 0.0527. The zero-order chi connectivity index (χ0) is 23.0. The summed E-state index contributed by atoms with van der Waals surface area (Å²) in [6, 6.07) is 5.44. The predicted octanol–water partition coefficient (Wildman–Crippen LogP) is 4.39. The second-order valence-corrected chi connectivity index (χ2v) is 8.12. The van der Waals surface area contributed by atoms with E-state index in [1.54, 1.807) is 0 Å². The van der Waals surface area contributed by atoms with Crippen molar-refractivity contribution in [2.24, 2.45) is 0 Å². The molecule has 0 aliphatic heterocycles. The summed E-state index contributed by atoms with van der Waals surface area (Å²) in [7, 11) is 0. The van der Waals surface area contributed by atoms with E-state index in [2.05, 4.69) is 15.6 Å². The van der Waals surface area contributed by atoms with Gasteiger partial charge < -0.3 is 15.7 Å². The fourth-order valence-electron chi connectivity index (χ4n) is 3.31. The lowest BCUT2D eigenvalue weighted by Gasteiger charge is -2.26. The number of rotatable bonds is 7. The number of carbonyl (C=O) groups excluding carboxylic acids is 1. The number of hydrogen-bond donors (Lipinski definition) is 3. The lowest BCUT2D eigenvalue weighted by Crippen LogP contribution is -2.39. The van der Waals surface area contributed by atoms with Crippen LogP contribution in [-0.2, 0) is 15.9 Å². The molecule has 2 aromatic rings.